The molecule has 1 rings (SSSR count). The van der Waals surface area contributed by atoms with Gasteiger partial charge in [-0.3, -0.25) is 9.00 Å². The van der Waals surface area contributed by atoms with Gasteiger partial charge < -0.3 is 9.66 Å². The Kier molecular flexibility index (Phi) is 4.41. The Morgan fingerprint density at radius 2 is 2.07 bits per heavy atom. The van der Waals surface area contributed by atoms with Crippen LogP contribution >= 0.6 is 0 Å². The molecule has 1 aromatic rings. The van der Waals surface area contributed by atoms with Gasteiger partial charge in [0.1, 0.15) is 6.04 Å². The summed E-state index contributed by atoms with van der Waals surface area (Å²) in [6, 6.07) is 7.70. The van der Waals surface area contributed by atoms with Crippen molar-refractivity contribution >= 4 is 17.2 Å². The molecule has 0 fully saturated rings. The Bertz CT molecular complexity index is 354. The molecule has 0 aromatic heterocycles. The van der Waals surface area contributed by atoms with E-state index in [9.17, 15) is 13.6 Å². The Labute approximate surface area is 89.5 Å². The standard InChI is InChI=1S/C9H11NO4S/c11-9(12)8(10-15(13)14)6-7-4-2-1-3-5-7/h1-5,8,10H,6H2,(H,11,12)(H,13,14)/p-1/t8-/m0/s1. The van der Waals surface area contributed by atoms with E-state index in [1.54, 1.807) is 30.3 Å². The van der Waals surface area contributed by atoms with Crippen LogP contribution in [0, 0.1) is 0 Å². The highest BCUT2D eigenvalue weighted by Gasteiger charge is 2.17. The van der Waals surface area contributed by atoms with Gasteiger partial charge in [-0.1, -0.05) is 30.3 Å². The van der Waals surface area contributed by atoms with Gasteiger partial charge in [0.05, 0.1) is 0 Å². The molecule has 2 N–H and O–H groups in total. The number of carboxylic acids is 1. The van der Waals surface area contributed by atoms with E-state index in [1.165, 1.54) is 0 Å². The first kappa shape index (κ1) is 11.8. The normalized spacial score (nSPS) is 14.5. The number of nitrogens with one attached hydrogen (secondary N) is 1. The van der Waals surface area contributed by atoms with Crippen molar-refractivity contribution in [1.82, 2.24) is 4.72 Å². The summed E-state index contributed by atoms with van der Waals surface area (Å²) in [5.41, 5.74) is 0.767. The van der Waals surface area contributed by atoms with Crippen LogP contribution in [0.5, 0.6) is 0 Å². The molecule has 0 heterocycles. The average Bonchev–Trinajstić information content (AvgIpc) is 2.17. The monoisotopic (exact) mass is 228 g/mol. The molecule has 15 heavy (non-hydrogen) atoms. The van der Waals surface area contributed by atoms with Crippen LogP contribution in [0.1, 0.15) is 5.56 Å². The molecule has 0 aliphatic carbocycles. The Morgan fingerprint density at radius 1 is 1.47 bits per heavy atom. The van der Waals surface area contributed by atoms with Gasteiger partial charge in [0.25, 0.3) is 0 Å². The highest BCUT2D eigenvalue weighted by atomic mass is 32.2. The van der Waals surface area contributed by atoms with Gasteiger partial charge in [0.15, 0.2) is 0 Å². The van der Waals surface area contributed by atoms with Gasteiger partial charge in [-0.25, -0.2) is 4.72 Å². The predicted octanol–water partition coefficient (Wildman–Crippen LogP) is 0.0660. The lowest BCUT2D eigenvalue weighted by Gasteiger charge is -2.15. The van der Waals surface area contributed by atoms with Crippen LogP contribution in [0.3, 0.4) is 0 Å². The molecule has 0 bridgehead atoms. The molecule has 1 unspecified atom stereocenters. The molecule has 5 nitrogen and oxygen atoms in total. The molecular weight excluding hydrogens is 218 g/mol. The van der Waals surface area contributed by atoms with Crippen molar-refractivity contribution in [2.24, 2.45) is 0 Å². The molecule has 1 aromatic carbocycles. The van der Waals surface area contributed by atoms with Crippen LogP contribution in [-0.2, 0) is 22.5 Å². The molecule has 0 spiro atoms. The third-order valence-electron chi connectivity index (χ3n) is 1.82. The third-order valence-corrected chi connectivity index (χ3v) is 2.30. The van der Waals surface area contributed by atoms with Crippen molar-refractivity contribution in [3.05, 3.63) is 35.9 Å². The smallest absolute Gasteiger partial charge is 0.321 e. The largest absolute Gasteiger partial charge is 0.760 e. The number of carboxylic acid groups (broad SMARTS) is 1. The zero-order chi connectivity index (χ0) is 11.3. The summed E-state index contributed by atoms with van der Waals surface area (Å²) in [6.45, 7) is 0. The SMILES string of the molecule is O=C(O)[C@H](Cc1ccccc1)NS(=O)[O-]. The van der Waals surface area contributed by atoms with E-state index in [0.29, 0.717) is 0 Å². The zero-order valence-corrected chi connectivity index (χ0v) is 8.57. The van der Waals surface area contributed by atoms with Crippen molar-refractivity contribution < 1.29 is 18.7 Å². The minimum absolute atomic E-state index is 0.129. The molecule has 82 valence electrons. The molecule has 2 atom stereocenters. The minimum atomic E-state index is -2.57. The Morgan fingerprint density at radius 3 is 2.53 bits per heavy atom. The summed E-state index contributed by atoms with van der Waals surface area (Å²) in [4.78, 5) is 10.7. The molecule has 0 amide bonds. The molecule has 0 saturated carbocycles. The van der Waals surface area contributed by atoms with Gasteiger partial charge in [0.2, 0.25) is 0 Å². The number of rotatable bonds is 5. The lowest BCUT2D eigenvalue weighted by Crippen LogP contribution is -2.39. The van der Waals surface area contributed by atoms with Gasteiger partial charge >= 0.3 is 5.97 Å². The highest BCUT2D eigenvalue weighted by molar-refractivity contribution is 7.77. The number of hydrogen-bond acceptors (Lipinski definition) is 3. The fourth-order valence-corrected chi connectivity index (χ4v) is 1.56. The van der Waals surface area contributed by atoms with Gasteiger partial charge in [0, 0.05) is 11.3 Å². The Hall–Kier alpha value is -1.24. The van der Waals surface area contributed by atoms with Crippen molar-refractivity contribution in [2.45, 2.75) is 12.5 Å². The van der Waals surface area contributed by atoms with Gasteiger partial charge in [-0.15, -0.1) is 0 Å². The second-order valence-corrected chi connectivity index (χ2v) is 3.64. The molecule has 0 radical (unpaired) electrons. The second kappa shape index (κ2) is 5.59. The minimum Gasteiger partial charge on any atom is -0.760 e. The van der Waals surface area contributed by atoms with Crippen LogP contribution in [0.15, 0.2) is 30.3 Å². The van der Waals surface area contributed by atoms with E-state index >= 15 is 0 Å². The van der Waals surface area contributed by atoms with Crippen LogP contribution in [0.25, 0.3) is 0 Å². The van der Waals surface area contributed by atoms with E-state index in [1.807, 2.05) is 4.72 Å². The van der Waals surface area contributed by atoms with E-state index in [2.05, 4.69) is 0 Å². The predicted molar refractivity (Wildman–Crippen MR) is 53.6 cm³/mol. The van der Waals surface area contributed by atoms with E-state index < -0.39 is 23.3 Å². The van der Waals surface area contributed by atoms with Crippen LogP contribution in [-0.4, -0.2) is 25.9 Å². The summed E-state index contributed by atoms with van der Waals surface area (Å²) in [6.07, 6.45) is 0.129. The van der Waals surface area contributed by atoms with Crippen LogP contribution in [0.2, 0.25) is 0 Å². The van der Waals surface area contributed by atoms with Crippen molar-refractivity contribution in [2.75, 3.05) is 0 Å². The lowest BCUT2D eigenvalue weighted by atomic mass is 10.1. The van der Waals surface area contributed by atoms with Gasteiger partial charge in [-0.05, 0) is 12.0 Å². The van der Waals surface area contributed by atoms with Crippen molar-refractivity contribution in [1.29, 1.82) is 0 Å². The van der Waals surface area contributed by atoms with E-state index in [4.69, 9.17) is 5.11 Å². The number of aliphatic carboxylic acids is 1. The first-order valence-electron chi connectivity index (χ1n) is 4.22. The van der Waals surface area contributed by atoms with Gasteiger partial charge in [-0.2, -0.15) is 0 Å². The lowest BCUT2D eigenvalue weighted by molar-refractivity contribution is -0.138. The maximum absolute atomic E-state index is 10.7. The summed E-state index contributed by atoms with van der Waals surface area (Å²) in [5, 5.41) is 8.75. The molecule has 0 saturated heterocycles. The fourth-order valence-electron chi connectivity index (χ4n) is 1.15. The molecule has 0 aliphatic heterocycles. The van der Waals surface area contributed by atoms with Crippen LogP contribution < -0.4 is 4.72 Å². The van der Waals surface area contributed by atoms with Crippen molar-refractivity contribution in [3.8, 4) is 0 Å². The second-order valence-electron chi connectivity index (χ2n) is 2.93. The maximum atomic E-state index is 10.7. The summed E-state index contributed by atoms with van der Waals surface area (Å²) in [5.74, 6) is -1.19. The summed E-state index contributed by atoms with van der Waals surface area (Å²) in [7, 11) is 0. The number of hydrogen-bond donors (Lipinski definition) is 2. The Balaban J connectivity index is 2.67. The van der Waals surface area contributed by atoms with E-state index in [-0.39, 0.29) is 6.42 Å². The summed E-state index contributed by atoms with van der Waals surface area (Å²) >= 11 is -2.57. The zero-order valence-electron chi connectivity index (χ0n) is 7.75. The topological polar surface area (TPSA) is 89.5 Å². The average molecular weight is 228 g/mol. The summed E-state index contributed by atoms with van der Waals surface area (Å²) < 4.78 is 22.6. The van der Waals surface area contributed by atoms with E-state index in [0.717, 1.165) is 5.56 Å². The number of benzene rings is 1. The third kappa shape index (κ3) is 4.20. The van der Waals surface area contributed by atoms with Crippen molar-refractivity contribution in [3.63, 3.8) is 0 Å². The number of carbonyl (C=O) groups is 1. The molecule has 6 heteroatoms. The molecule has 0 aliphatic rings. The maximum Gasteiger partial charge on any atom is 0.321 e. The molecular formula is C9H10NO4S-. The van der Waals surface area contributed by atoms with Crippen LogP contribution in [0.4, 0.5) is 0 Å². The fraction of sp³-hybridized carbons (Fsp3) is 0.222. The first-order valence-corrected chi connectivity index (χ1v) is 5.29. The quantitative estimate of drug-likeness (QED) is 0.698. The highest BCUT2D eigenvalue weighted by Crippen LogP contribution is 2.03. The first-order chi connectivity index (χ1) is 7.09.